The second-order valence-corrected chi connectivity index (χ2v) is 6.21. The molecule has 2 N–H and O–H groups in total. The third-order valence-electron chi connectivity index (χ3n) is 2.79. The molecule has 0 aliphatic rings. The van der Waals surface area contributed by atoms with Gasteiger partial charge in [-0.2, -0.15) is 4.98 Å². The molecule has 0 spiro atoms. The molecular weight excluding hydrogens is 292 g/mol. The van der Waals surface area contributed by atoms with Gasteiger partial charge in [-0.05, 0) is 30.7 Å². The Bertz CT molecular complexity index is 639. The fourth-order valence-electron chi connectivity index (χ4n) is 1.69. The van der Waals surface area contributed by atoms with E-state index < -0.39 is 10.0 Å². The largest absolute Gasteiger partial charge is 0.385 e. The highest BCUT2D eigenvalue weighted by atomic mass is 32.2. The van der Waals surface area contributed by atoms with Crippen LogP contribution >= 0.6 is 0 Å². The summed E-state index contributed by atoms with van der Waals surface area (Å²) >= 11 is 0. The minimum atomic E-state index is -3.41. The molecule has 21 heavy (non-hydrogen) atoms. The Morgan fingerprint density at radius 1 is 1.19 bits per heavy atom. The van der Waals surface area contributed by atoms with Gasteiger partial charge >= 0.3 is 0 Å². The molecule has 1 aromatic carbocycles. The number of anilines is 1. The summed E-state index contributed by atoms with van der Waals surface area (Å²) in [7, 11) is -3.41. The van der Waals surface area contributed by atoms with Gasteiger partial charge in [0.25, 0.3) is 0 Å². The van der Waals surface area contributed by atoms with Crippen LogP contribution in [0, 0.1) is 0 Å². The zero-order valence-corrected chi connectivity index (χ0v) is 12.6. The Balaban J connectivity index is 1.89. The molecule has 7 nitrogen and oxygen atoms in total. The highest BCUT2D eigenvalue weighted by Crippen LogP contribution is 2.13. The van der Waals surface area contributed by atoms with Crippen LogP contribution in [0.5, 0.6) is 0 Å². The second kappa shape index (κ2) is 7.19. The molecule has 0 amide bonds. The summed E-state index contributed by atoms with van der Waals surface area (Å²) in [5, 5.41) is 6.88. The lowest BCUT2D eigenvalue weighted by Gasteiger charge is -2.08. The van der Waals surface area contributed by atoms with Gasteiger partial charge in [0.15, 0.2) is 5.82 Å². The van der Waals surface area contributed by atoms with Crippen LogP contribution in [-0.2, 0) is 16.4 Å². The average molecular weight is 310 g/mol. The zero-order valence-electron chi connectivity index (χ0n) is 11.7. The van der Waals surface area contributed by atoms with Crippen molar-refractivity contribution in [3.8, 4) is 0 Å². The number of aromatic nitrogens is 2. The van der Waals surface area contributed by atoms with E-state index in [2.05, 4.69) is 24.7 Å². The van der Waals surface area contributed by atoms with Gasteiger partial charge in [0.2, 0.25) is 16.4 Å². The maximum Gasteiger partial charge on any atom is 0.240 e. The van der Waals surface area contributed by atoms with Crippen molar-refractivity contribution in [1.29, 1.82) is 0 Å². The summed E-state index contributed by atoms with van der Waals surface area (Å²) in [6.07, 6.45) is 2.68. The summed E-state index contributed by atoms with van der Waals surface area (Å²) in [5.41, 5.74) is 0.841. The van der Waals surface area contributed by atoms with E-state index in [9.17, 15) is 8.42 Å². The van der Waals surface area contributed by atoms with Crippen molar-refractivity contribution in [2.75, 3.05) is 18.4 Å². The van der Waals surface area contributed by atoms with Crippen LogP contribution in [-0.4, -0.2) is 31.6 Å². The molecule has 2 rings (SSSR count). The predicted molar refractivity (Wildman–Crippen MR) is 78.4 cm³/mol. The van der Waals surface area contributed by atoms with E-state index in [0.717, 1.165) is 12.1 Å². The summed E-state index contributed by atoms with van der Waals surface area (Å²) in [6, 6.07) is 6.62. The van der Waals surface area contributed by atoms with E-state index in [4.69, 9.17) is 0 Å². The molecule has 0 saturated carbocycles. The summed E-state index contributed by atoms with van der Waals surface area (Å²) in [4.78, 5) is 4.18. The first-order chi connectivity index (χ1) is 10.1. The van der Waals surface area contributed by atoms with E-state index in [-0.39, 0.29) is 4.90 Å². The first-order valence-corrected chi connectivity index (χ1v) is 8.19. The molecule has 2 aromatic rings. The number of sulfonamides is 1. The number of rotatable bonds is 8. The van der Waals surface area contributed by atoms with Crippen molar-refractivity contribution in [2.24, 2.45) is 0 Å². The first kappa shape index (κ1) is 15.5. The number of nitrogens with one attached hydrogen (secondary N) is 2. The van der Waals surface area contributed by atoms with Crippen molar-refractivity contribution >= 4 is 15.7 Å². The summed E-state index contributed by atoms with van der Waals surface area (Å²) < 4.78 is 31.0. The lowest BCUT2D eigenvalue weighted by molar-refractivity contribution is 0.410. The molecule has 0 aliphatic carbocycles. The third-order valence-corrected chi connectivity index (χ3v) is 4.27. The van der Waals surface area contributed by atoms with Gasteiger partial charge in [0.05, 0.1) is 4.90 Å². The summed E-state index contributed by atoms with van der Waals surface area (Å²) in [6.45, 7) is 2.99. The van der Waals surface area contributed by atoms with Crippen LogP contribution in [0.25, 0.3) is 0 Å². The predicted octanol–water partition coefficient (Wildman–Crippen LogP) is 1.41. The van der Waals surface area contributed by atoms with Gasteiger partial charge in [-0.15, -0.1) is 0 Å². The van der Waals surface area contributed by atoms with Crippen LogP contribution in [0.2, 0.25) is 0 Å². The average Bonchev–Trinajstić information content (AvgIpc) is 2.99. The van der Waals surface area contributed by atoms with Gasteiger partial charge in [-0.3, -0.25) is 0 Å². The van der Waals surface area contributed by atoms with Crippen LogP contribution in [0.15, 0.2) is 40.1 Å². The molecule has 8 heteroatoms. The van der Waals surface area contributed by atoms with Gasteiger partial charge in [0.1, 0.15) is 0 Å². The quantitative estimate of drug-likeness (QED) is 0.765. The molecule has 0 fully saturated rings. The molecule has 0 unspecified atom stereocenters. The summed E-state index contributed by atoms with van der Waals surface area (Å²) in [5.74, 6) is 0.630. The highest BCUT2D eigenvalue weighted by Gasteiger charge is 2.12. The lowest BCUT2D eigenvalue weighted by atomic mass is 10.3. The minimum Gasteiger partial charge on any atom is -0.385 e. The number of benzene rings is 1. The van der Waals surface area contributed by atoms with Gasteiger partial charge in [-0.1, -0.05) is 12.1 Å². The fourth-order valence-corrected chi connectivity index (χ4v) is 2.83. The maximum atomic E-state index is 11.9. The normalized spacial score (nSPS) is 11.5. The zero-order chi connectivity index (χ0) is 15.1. The Morgan fingerprint density at radius 3 is 2.57 bits per heavy atom. The van der Waals surface area contributed by atoms with E-state index in [1.807, 2.05) is 6.92 Å². The second-order valence-electron chi connectivity index (χ2n) is 4.45. The van der Waals surface area contributed by atoms with Crippen molar-refractivity contribution in [2.45, 2.75) is 24.7 Å². The van der Waals surface area contributed by atoms with Gasteiger partial charge < -0.3 is 9.84 Å². The number of hydrogen-bond donors (Lipinski definition) is 2. The fraction of sp³-hybridized carbons (Fsp3) is 0.385. The van der Waals surface area contributed by atoms with E-state index in [0.29, 0.717) is 25.3 Å². The SMILES string of the molecule is CCCNS(=O)(=O)c1ccc(NCCc2ncon2)cc1. The monoisotopic (exact) mass is 310 g/mol. The van der Waals surface area contributed by atoms with Crippen LogP contribution in [0.1, 0.15) is 19.2 Å². The Labute approximate surface area is 123 Å². The van der Waals surface area contributed by atoms with Crippen LogP contribution in [0.4, 0.5) is 5.69 Å². The Morgan fingerprint density at radius 2 is 1.95 bits per heavy atom. The lowest BCUT2D eigenvalue weighted by Crippen LogP contribution is -2.24. The molecule has 1 heterocycles. The third kappa shape index (κ3) is 4.54. The highest BCUT2D eigenvalue weighted by molar-refractivity contribution is 7.89. The molecule has 0 atom stereocenters. The van der Waals surface area contributed by atoms with Gasteiger partial charge in [0, 0.05) is 25.2 Å². The van der Waals surface area contributed by atoms with Crippen molar-refractivity contribution in [1.82, 2.24) is 14.9 Å². The number of nitrogens with zero attached hydrogens (tertiary/aromatic N) is 2. The van der Waals surface area contributed by atoms with E-state index in [1.165, 1.54) is 6.39 Å². The molecule has 1 aromatic heterocycles. The topological polar surface area (TPSA) is 97.1 Å². The molecule has 0 aliphatic heterocycles. The Hall–Kier alpha value is -1.93. The van der Waals surface area contributed by atoms with E-state index >= 15 is 0 Å². The molecule has 0 radical (unpaired) electrons. The smallest absolute Gasteiger partial charge is 0.240 e. The Kier molecular flexibility index (Phi) is 5.29. The maximum absolute atomic E-state index is 11.9. The van der Waals surface area contributed by atoms with Crippen molar-refractivity contribution in [3.63, 3.8) is 0 Å². The van der Waals surface area contributed by atoms with Crippen LogP contribution in [0.3, 0.4) is 0 Å². The molecule has 0 saturated heterocycles. The molecular formula is C13H18N4O3S. The standard InChI is InChI=1S/C13H18N4O3S/c1-2-8-16-21(18,19)12-5-3-11(4-6-12)14-9-7-13-15-10-20-17-13/h3-6,10,14,16H,2,7-9H2,1H3. The van der Waals surface area contributed by atoms with Crippen molar-refractivity contribution in [3.05, 3.63) is 36.5 Å². The molecule has 114 valence electrons. The van der Waals surface area contributed by atoms with Gasteiger partial charge in [-0.25, -0.2) is 13.1 Å². The van der Waals surface area contributed by atoms with E-state index in [1.54, 1.807) is 24.3 Å². The molecule has 0 bridgehead atoms. The first-order valence-electron chi connectivity index (χ1n) is 6.70. The number of hydrogen-bond acceptors (Lipinski definition) is 6. The minimum absolute atomic E-state index is 0.264. The van der Waals surface area contributed by atoms with Crippen molar-refractivity contribution < 1.29 is 12.9 Å². The van der Waals surface area contributed by atoms with Crippen LogP contribution < -0.4 is 10.0 Å².